The molecule has 0 unspecified atom stereocenters. The zero-order valence-corrected chi connectivity index (χ0v) is 17.3. The highest BCUT2D eigenvalue weighted by molar-refractivity contribution is 6.31. The minimum Gasteiger partial charge on any atom is -0.461 e. The van der Waals surface area contributed by atoms with E-state index in [1.165, 1.54) is 0 Å². The van der Waals surface area contributed by atoms with Crippen molar-refractivity contribution in [2.75, 3.05) is 36.9 Å². The van der Waals surface area contributed by atoms with Crippen LogP contribution >= 0.6 is 0 Å². The van der Waals surface area contributed by atoms with E-state index in [4.69, 9.17) is 9.47 Å². The van der Waals surface area contributed by atoms with E-state index in [0.717, 1.165) is 12.2 Å². The molecule has 1 aliphatic rings. The van der Waals surface area contributed by atoms with Crippen molar-refractivity contribution in [3.05, 3.63) is 84.0 Å². The molecule has 32 heavy (non-hydrogen) atoms. The molecule has 0 fully saturated rings. The molecule has 0 saturated carbocycles. The zero-order chi connectivity index (χ0) is 23.1. The summed E-state index contributed by atoms with van der Waals surface area (Å²) in [6.45, 7) is 7.31. The van der Waals surface area contributed by atoms with Crippen LogP contribution in [0, 0.1) is 0 Å². The summed E-state index contributed by atoms with van der Waals surface area (Å²) in [6.07, 6.45) is 2.13. The standard InChI is InChI=1S/C24H22N2O6/c1-3-19(27)31-13-11-25-17-9-5-7-15-21(17)24(30)22-16(23(15)29)8-6-10-18(22)26-12-14-32-20(28)4-2/h3-10,25-26H,1-2,11-14H2. The summed E-state index contributed by atoms with van der Waals surface area (Å²) in [6, 6.07) is 9.96. The topological polar surface area (TPSA) is 111 Å². The summed E-state index contributed by atoms with van der Waals surface area (Å²) in [5, 5.41) is 6.11. The number of ether oxygens (including phenoxy) is 2. The Morgan fingerprint density at radius 2 is 1.19 bits per heavy atom. The third-order valence-corrected chi connectivity index (χ3v) is 4.73. The van der Waals surface area contributed by atoms with Crippen LogP contribution in [0.2, 0.25) is 0 Å². The van der Waals surface area contributed by atoms with E-state index in [1.54, 1.807) is 36.4 Å². The first-order chi connectivity index (χ1) is 15.5. The van der Waals surface area contributed by atoms with Crippen molar-refractivity contribution in [3.63, 3.8) is 0 Å². The van der Waals surface area contributed by atoms with E-state index in [9.17, 15) is 19.2 Å². The van der Waals surface area contributed by atoms with Crippen LogP contribution in [0.3, 0.4) is 0 Å². The molecule has 1 aliphatic carbocycles. The predicted molar refractivity (Wildman–Crippen MR) is 119 cm³/mol. The van der Waals surface area contributed by atoms with E-state index < -0.39 is 11.9 Å². The second kappa shape index (κ2) is 10.2. The number of carbonyl (C=O) groups excluding carboxylic acids is 4. The molecule has 0 heterocycles. The van der Waals surface area contributed by atoms with E-state index in [-0.39, 0.29) is 49.0 Å². The molecule has 0 atom stereocenters. The van der Waals surface area contributed by atoms with Crippen molar-refractivity contribution in [2.45, 2.75) is 0 Å². The van der Waals surface area contributed by atoms with Crippen molar-refractivity contribution in [3.8, 4) is 0 Å². The van der Waals surface area contributed by atoms with Gasteiger partial charge in [-0.1, -0.05) is 37.4 Å². The largest absolute Gasteiger partial charge is 0.461 e. The molecule has 2 N–H and O–H groups in total. The molecule has 8 nitrogen and oxygen atoms in total. The average Bonchev–Trinajstić information content (AvgIpc) is 2.82. The van der Waals surface area contributed by atoms with Gasteiger partial charge in [-0.2, -0.15) is 0 Å². The monoisotopic (exact) mass is 434 g/mol. The Kier molecular flexibility index (Phi) is 7.17. The van der Waals surface area contributed by atoms with Crippen molar-refractivity contribution in [2.24, 2.45) is 0 Å². The minimum atomic E-state index is -0.545. The maximum atomic E-state index is 13.4. The Hall–Kier alpha value is -4.20. The lowest BCUT2D eigenvalue weighted by Crippen LogP contribution is -2.25. The molecule has 2 aromatic carbocycles. The zero-order valence-electron chi connectivity index (χ0n) is 17.3. The second-order valence-corrected chi connectivity index (χ2v) is 6.71. The average molecular weight is 434 g/mol. The van der Waals surface area contributed by atoms with Crippen LogP contribution in [0.25, 0.3) is 0 Å². The maximum Gasteiger partial charge on any atom is 0.330 e. The van der Waals surface area contributed by atoms with Crippen molar-refractivity contribution < 1.29 is 28.7 Å². The van der Waals surface area contributed by atoms with E-state index in [2.05, 4.69) is 23.8 Å². The highest BCUT2D eigenvalue weighted by Crippen LogP contribution is 2.35. The number of anilines is 2. The lowest BCUT2D eigenvalue weighted by molar-refractivity contribution is -0.138. The van der Waals surface area contributed by atoms with Gasteiger partial charge in [-0.15, -0.1) is 0 Å². The number of esters is 2. The van der Waals surface area contributed by atoms with Gasteiger partial charge in [0.15, 0.2) is 11.6 Å². The van der Waals surface area contributed by atoms with Crippen LogP contribution < -0.4 is 10.6 Å². The van der Waals surface area contributed by atoms with Crippen molar-refractivity contribution >= 4 is 34.9 Å². The summed E-state index contributed by atoms with van der Waals surface area (Å²) in [7, 11) is 0. The Morgan fingerprint density at radius 1 is 0.750 bits per heavy atom. The Labute approximate surface area is 184 Å². The summed E-state index contributed by atoms with van der Waals surface area (Å²) >= 11 is 0. The Bertz CT molecular complexity index is 1020. The van der Waals surface area contributed by atoms with Gasteiger partial charge in [0.2, 0.25) is 0 Å². The number of benzene rings is 2. The first-order valence-electron chi connectivity index (χ1n) is 9.89. The van der Waals surface area contributed by atoms with Crippen LogP contribution in [0.4, 0.5) is 11.4 Å². The van der Waals surface area contributed by atoms with Gasteiger partial charge in [-0.25, -0.2) is 9.59 Å². The highest BCUT2D eigenvalue weighted by atomic mass is 16.5. The normalized spacial score (nSPS) is 11.6. The molecule has 0 spiro atoms. The van der Waals surface area contributed by atoms with Gasteiger partial charge in [0, 0.05) is 47.7 Å². The van der Waals surface area contributed by atoms with Gasteiger partial charge in [-0.3, -0.25) is 9.59 Å². The molecule has 0 radical (unpaired) electrons. The van der Waals surface area contributed by atoms with E-state index >= 15 is 0 Å². The minimum absolute atomic E-state index is 0.0729. The molecule has 8 heteroatoms. The molecule has 0 bridgehead atoms. The highest BCUT2D eigenvalue weighted by Gasteiger charge is 2.33. The lowest BCUT2D eigenvalue weighted by Gasteiger charge is -2.23. The summed E-state index contributed by atoms with van der Waals surface area (Å²) in [5.41, 5.74) is 2.05. The SMILES string of the molecule is C=CC(=O)OCCNc1cccc2c1C(=O)c1c(NCCOC(=O)C=C)cccc1C2=O. The fraction of sp³-hybridized carbons (Fsp3) is 0.167. The summed E-state index contributed by atoms with van der Waals surface area (Å²) in [5.74, 6) is -1.67. The maximum absolute atomic E-state index is 13.4. The van der Waals surface area contributed by atoms with Gasteiger partial charge < -0.3 is 20.1 Å². The molecule has 0 aromatic heterocycles. The molecule has 0 saturated heterocycles. The molecular formula is C24H22N2O6. The molecule has 0 aliphatic heterocycles. The van der Waals surface area contributed by atoms with Crippen LogP contribution in [-0.2, 0) is 19.1 Å². The number of carbonyl (C=O) groups is 4. The van der Waals surface area contributed by atoms with Gasteiger partial charge in [-0.05, 0) is 12.1 Å². The molecule has 164 valence electrons. The molecule has 3 rings (SSSR count). The fourth-order valence-electron chi connectivity index (χ4n) is 3.33. The quantitative estimate of drug-likeness (QED) is 0.285. The molecule has 0 amide bonds. The van der Waals surface area contributed by atoms with Gasteiger partial charge >= 0.3 is 11.9 Å². The smallest absolute Gasteiger partial charge is 0.330 e. The molecular weight excluding hydrogens is 412 g/mol. The number of rotatable bonds is 10. The third-order valence-electron chi connectivity index (χ3n) is 4.73. The predicted octanol–water partition coefficient (Wildman–Crippen LogP) is 2.74. The lowest BCUT2D eigenvalue weighted by atomic mass is 9.82. The van der Waals surface area contributed by atoms with Crippen LogP contribution in [0.15, 0.2) is 61.7 Å². The van der Waals surface area contributed by atoms with Gasteiger partial charge in [0.05, 0.1) is 11.1 Å². The third kappa shape index (κ3) is 4.75. The number of hydrogen-bond donors (Lipinski definition) is 2. The number of fused-ring (bicyclic) bond motifs is 2. The van der Waals surface area contributed by atoms with Crippen LogP contribution in [-0.4, -0.2) is 49.8 Å². The number of ketones is 2. The first-order valence-corrected chi connectivity index (χ1v) is 9.89. The summed E-state index contributed by atoms with van der Waals surface area (Å²) < 4.78 is 9.87. The van der Waals surface area contributed by atoms with E-state index in [1.807, 2.05) is 0 Å². The van der Waals surface area contributed by atoms with Crippen LogP contribution in [0.5, 0.6) is 0 Å². The van der Waals surface area contributed by atoms with Crippen molar-refractivity contribution in [1.29, 1.82) is 0 Å². The van der Waals surface area contributed by atoms with Gasteiger partial charge in [0.1, 0.15) is 13.2 Å². The number of hydrogen-bond acceptors (Lipinski definition) is 8. The van der Waals surface area contributed by atoms with Crippen LogP contribution in [0.1, 0.15) is 31.8 Å². The fourth-order valence-corrected chi connectivity index (χ4v) is 3.33. The second-order valence-electron chi connectivity index (χ2n) is 6.71. The summed E-state index contributed by atoms with van der Waals surface area (Å²) in [4.78, 5) is 48.9. The Morgan fingerprint density at radius 3 is 1.59 bits per heavy atom. The van der Waals surface area contributed by atoms with Gasteiger partial charge in [0.25, 0.3) is 0 Å². The van der Waals surface area contributed by atoms with Crippen molar-refractivity contribution in [1.82, 2.24) is 0 Å². The van der Waals surface area contributed by atoms with E-state index in [0.29, 0.717) is 22.5 Å². The molecule has 2 aromatic rings. The first kappa shape index (κ1) is 22.5. The Balaban J connectivity index is 1.83. The number of nitrogens with one attached hydrogen (secondary N) is 2.